The van der Waals surface area contributed by atoms with E-state index in [1.165, 1.54) is 5.56 Å². The van der Waals surface area contributed by atoms with Crippen LogP contribution < -0.4 is 10.6 Å². The zero-order chi connectivity index (χ0) is 16.8. The molecule has 0 bridgehead atoms. The molecule has 2 aromatic rings. The molecule has 4 nitrogen and oxygen atoms in total. The molecule has 23 heavy (non-hydrogen) atoms. The Kier molecular flexibility index (Phi) is 5.90. The lowest BCUT2D eigenvalue weighted by Gasteiger charge is -2.17. The van der Waals surface area contributed by atoms with E-state index < -0.39 is 0 Å². The number of hydrogen-bond acceptors (Lipinski definition) is 3. The van der Waals surface area contributed by atoms with E-state index in [-0.39, 0.29) is 25.1 Å². The second-order valence-corrected chi connectivity index (χ2v) is 5.85. The van der Waals surface area contributed by atoms with E-state index in [2.05, 4.69) is 22.8 Å². The number of carbonyl (C=O) groups is 1. The number of hydrogen-bond donors (Lipinski definition) is 3. The van der Waals surface area contributed by atoms with Gasteiger partial charge in [-0.1, -0.05) is 48.0 Å². The van der Waals surface area contributed by atoms with Crippen LogP contribution in [-0.4, -0.2) is 24.2 Å². The van der Waals surface area contributed by atoms with Gasteiger partial charge in [-0.2, -0.15) is 0 Å². The Labute approximate surface area is 137 Å². The van der Waals surface area contributed by atoms with Crippen LogP contribution in [0, 0.1) is 20.8 Å². The van der Waals surface area contributed by atoms with Crippen molar-refractivity contribution in [2.75, 3.05) is 18.5 Å². The van der Waals surface area contributed by atoms with Crippen molar-refractivity contribution in [2.45, 2.75) is 26.8 Å². The number of aryl methyl sites for hydroxylation is 3. The zero-order valence-corrected chi connectivity index (χ0v) is 13.9. The summed E-state index contributed by atoms with van der Waals surface area (Å²) in [6, 6.07) is 13.5. The zero-order valence-electron chi connectivity index (χ0n) is 13.9. The van der Waals surface area contributed by atoms with Gasteiger partial charge in [-0.15, -0.1) is 0 Å². The molecule has 0 saturated heterocycles. The smallest absolute Gasteiger partial charge is 0.238 e. The first-order valence-electron chi connectivity index (χ1n) is 7.78. The molecule has 0 aliphatic rings. The normalized spacial score (nSPS) is 12.0. The van der Waals surface area contributed by atoms with Gasteiger partial charge in [0.25, 0.3) is 0 Å². The number of rotatable bonds is 6. The maximum absolute atomic E-state index is 12.2. The molecule has 0 saturated carbocycles. The fraction of sp³-hybridized carbons (Fsp3) is 0.316. The van der Waals surface area contributed by atoms with E-state index in [1.54, 1.807) is 0 Å². The Balaban J connectivity index is 1.98. The van der Waals surface area contributed by atoms with Crippen LogP contribution in [0.5, 0.6) is 0 Å². The van der Waals surface area contributed by atoms with Crippen LogP contribution >= 0.6 is 0 Å². The van der Waals surface area contributed by atoms with E-state index in [4.69, 9.17) is 0 Å². The Hall–Kier alpha value is -2.17. The summed E-state index contributed by atoms with van der Waals surface area (Å²) in [5.41, 5.74) is 5.11. The number of carbonyl (C=O) groups excluding carboxylic acids is 1. The first-order valence-corrected chi connectivity index (χ1v) is 7.78. The fourth-order valence-electron chi connectivity index (χ4n) is 2.75. The molecule has 0 aliphatic heterocycles. The molecule has 0 aliphatic carbocycles. The molecular formula is C19H24N2O2. The third-order valence-corrected chi connectivity index (χ3v) is 3.83. The van der Waals surface area contributed by atoms with Gasteiger partial charge in [0, 0.05) is 5.69 Å². The second-order valence-electron chi connectivity index (χ2n) is 5.85. The number of anilines is 1. The quantitative estimate of drug-likeness (QED) is 0.768. The summed E-state index contributed by atoms with van der Waals surface area (Å²) in [5.74, 6) is -0.116. The summed E-state index contributed by atoms with van der Waals surface area (Å²) < 4.78 is 0. The van der Waals surface area contributed by atoms with Crippen molar-refractivity contribution >= 4 is 11.6 Å². The lowest BCUT2D eigenvalue weighted by atomic mass is 10.1. The molecule has 1 unspecified atom stereocenters. The SMILES string of the molecule is Cc1cc(C)c(NC(=O)CNC(CO)c2ccccc2)c(C)c1. The van der Waals surface area contributed by atoms with Gasteiger partial charge in [0.15, 0.2) is 0 Å². The number of aliphatic hydroxyl groups is 1. The maximum atomic E-state index is 12.2. The van der Waals surface area contributed by atoms with Crippen LogP contribution in [0.1, 0.15) is 28.3 Å². The van der Waals surface area contributed by atoms with Gasteiger partial charge in [-0.3, -0.25) is 10.1 Å². The molecule has 122 valence electrons. The minimum atomic E-state index is -0.248. The van der Waals surface area contributed by atoms with Crippen molar-refractivity contribution in [3.8, 4) is 0 Å². The number of amides is 1. The van der Waals surface area contributed by atoms with Crippen LogP contribution in [0.15, 0.2) is 42.5 Å². The van der Waals surface area contributed by atoms with Crippen molar-refractivity contribution in [2.24, 2.45) is 0 Å². The average molecular weight is 312 g/mol. The summed E-state index contributed by atoms with van der Waals surface area (Å²) >= 11 is 0. The van der Waals surface area contributed by atoms with Crippen LogP contribution in [0.3, 0.4) is 0 Å². The molecule has 0 radical (unpaired) electrons. The monoisotopic (exact) mass is 312 g/mol. The van der Waals surface area contributed by atoms with E-state index in [1.807, 2.05) is 51.1 Å². The lowest BCUT2D eigenvalue weighted by molar-refractivity contribution is -0.115. The van der Waals surface area contributed by atoms with Gasteiger partial charge in [0.2, 0.25) is 5.91 Å². The molecule has 1 amide bonds. The Morgan fingerprint density at radius 2 is 1.70 bits per heavy atom. The predicted molar refractivity (Wildman–Crippen MR) is 93.6 cm³/mol. The predicted octanol–water partition coefficient (Wildman–Crippen LogP) is 2.87. The molecular weight excluding hydrogens is 288 g/mol. The largest absolute Gasteiger partial charge is 0.394 e. The summed E-state index contributed by atoms with van der Waals surface area (Å²) in [6.07, 6.45) is 0. The second kappa shape index (κ2) is 7.90. The van der Waals surface area contributed by atoms with Crippen molar-refractivity contribution in [1.82, 2.24) is 5.32 Å². The molecule has 0 spiro atoms. The average Bonchev–Trinajstić information content (AvgIpc) is 2.52. The maximum Gasteiger partial charge on any atom is 0.238 e. The molecule has 4 heteroatoms. The fourth-order valence-corrected chi connectivity index (χ4v) is 2.75. The molecule has 0 fully saturated rings. The number of benzene rings is 2. The van der Waals surface area contributed by atoms with E-state index in [0.29, 0.717) is 0 Å². The van der Waals surface area contributed by atoms with E-state index >= 15 is 0 Å². The lowest BCUT2D eigenvalue weighted by Crippen LogP contribution is -2.33. The van der Waals surface area contributed by atoms with Crippen LogP contribution in [-0.2, 0) is 4.79 Å². The van der Waals surface area contributed by atoms with Crippen molar-refractivity contribution in [3.05, 3.63) is 64.7 Å². The highest BCUT2D eigenvalue weighted by Crippen LogP contribution is 2.21. The van der Waals surface area contributed by atoms with Gasteiger partial charge in [-0.25, -0.2) is 0 Å². The Bertz CT molecular complexity index is 645. The molecule has 0 heterocycles. The van der Waals surface area contributed by atoms with Gasteiger partial charge >= 0.3 is 0 Å². The van der Waals surface area contributed by atoms with Crippen molar-refractivity contribution in [3.63, 3.8) is 0 Å². The van der Waals surface area contributed by atoms with Crippen LogP contribution in [0.2, 0.25) is 0 Å². The summed E-state index contributed by atoms with van der Waals surface area (Å²) in [4.78, 5) is 12.2. The van der Waals surface area contributed by atoms with Gasteiger partial charge < -0.3 is 10.4 Å². The standard InChI is InChI=1S/C19H24N2O2/c1-13-9-14(2)19(15(3)10-13)21-18(23)11-20-17(12-22)16-7-5-4-6-8-16/h4-10,17,20,22H,11-12H2,1-3H3,(H,21,23). The molecule has 2 aromatic carbocycles. The highest BCUT2D eigenvalue weighted by atomic mass is 16.3. The first kappa shape index (κ1) is 17.2. The van der Waals surface area contributed by atoms with Crippen LogP contribution in [0.4, 0.5) is 5.69 Å². The topological polar surface area (TPSA) is 61.4 Å². The number of aliphatic hydroxyl groups excluding tert-OH is 1. The Morgan fingerprint density at radius 1 is 1.09 bits per heavy atom. The number of nitrogens with one attached hydrogen (secondary N) is 2. The highest BCUT2D eigenvalue weighted by Gasteiger charge is 2.13. The minimum Gasteiger partial charge on any atom is -0.394 e. The van der Waals surface area contributed by atoms with Gasteiger partial charge in [0.05, 0.1) is 19.2 Å². The first-order chi connectivity index (χ1) is 11.0. The van der Waals surface area contributed by atoms with Crippen molar-refractivity contribution in [1.29, 1.82) is 0 Å². The van der Waals surface area contributed by atoms with E-state index in [0.717, 1.165) is 22.4 Å². The summed E-state index contributed by atoms with van der Waals surface area (Å²) in [7, 11) is 0. The molecule has 3 N–H and O–H groups in total. The summed E-state index contributed by atoms with van der Waals surface area (Å²) in [5, 5.41) is 15.6. The highest BCUT2D eigenvalue weighted by molar-refractivity contribution is 5.93. The minimum absolute atomic E-state index is 0.0557. The Morgan fingerprint density at radius 3 is 2.26 bits per heavy atom. The molecule has 0 aromatic heterocycles. The summed E-state index contributed by atoms with van der Waals surface area (Å²) in [6.45, 7) is 6.11. The third-order valence-electron chi connectivity index (χ3n) is 3.83. The van der Waals surface area contributed by atoms with E-state index in [9.17, 15) is 9.90 Å². The van der Waals surface area contributed by atoms with Gasteiger partial charge in [0.1, 0.15) is 0 Å². The van der Waals surface area contributed by atoms with Gasteiger partial charge in [-0.05, 0) is 37.5 Å². The third kappa shape index (κ3) is 4.65. The molecule has 2 rings (SSSR count). The van der Waals surface area contributed by atoms with Crippen molar-refractivity contribution < 1.29 is 9.90 Å². The molecule has 1 atom stereocenters. The van der Waals surface area contributed by atoms with Crippen LogP contribution in [0.25, 0.3) is 0 Å².